The zero-order valence-corrected chi connectivity index (χ0v) is 15.4. The molecule has 7 heteroatoms. The van der Waals surface area contributed by atoms with Crippen LogP contribution >= 0.6 is 46.4 Å². The Morgan fingerprint density at radius 3 is 2.45 bits per heavy atom. The number of hydrogen-bond donors (Lipinski definition) is 2. The molecule has 0 spiro atoms. The van der Waals surface area contributed by atoms with Crippen LogP contribution in [-0.2, 0) is 4.79 Å². The molecule has 0 radical (unpaired) electrons. The van der Waals surface area contributed by atoms with Crippen LogP contribution in [0, 0.1) is 0 Å². The van der Waals surface area contributed by atoms with E-state index in [0.717, 1.165) is 25.7 Å². The van der Waals surface area contributed by atoms with Gasteiger partial charge >= 0.3 is 0 Å². The topological polar surface area (TPSA) is 41.1 Å². The molecule has 2 N–H and O–H groups in total. The summed E-state index contributed by atoms with van der Waals surface area (Å²) >= 11 is 23.9. The Balaban J connectivity index is 2.62. The molecule has 1 amide bonds. The minimum atomic E-state index is -1.70. The molecule has 22 heavy (non-hydrogen) atoms. The summed E-state index contributed by atoms with van der Waals surface area (Å²) in [4.78, 5) is 12.0. The van der Waals surface area contributed by atoms with Crippen molar-refractivity contribution in [3.05, 3.63) is 29.3 Å². The van der Waals surface area contributed by atoms with Gasteiger partial charge in [-0.25, -0.2) is 0 Å². The summed E-state index contributed by atoms with van der Waals surface area (Å²) in [6, 6.07) is 7.06. The summed E-state index contributed by atoms with van der Waals surface area (Å²) < 4.78 is -1.70. The van der Waals surface area contributed by atoms with Crippen molar-refractivity contribution in [2.24, 2.45) is 0 Å². The Bertz CT molecular complexity index is 477. The predicted octanol–water partition coefficient (Wildman–Crippen LogP) is 5.53. The van der Waals surface area contributed by atoms with Gasteiger partial charge in [-0.3, -0.25) is 4.79 Å². The predicted molar refractivity (Wildman–Crippen MR) is 96.1 cm³/mol. The Morgan fingerprint density at radius 1 is 1.18 bits per heavy atom. The lowest BCUT2D eigenvalue weighted by molar-refractivity contribution is -0.121. The fourth-order valence-corrected chi connectivity index (χ4v) is 2.40. The van der Waals surface area contributed by atoms with Crippen molar-refractivity contribution in [1.82, 2.24) is 5.32 Å². The molecule has 1 atom stereocenters. The maximum Gasteiger partial charge on any atom is 0.228 e. The molecule has 124 valence electrons. The van der Waals surface area contributed by atoms with Gasteiger partial charge in [0.1, 0.15) is 6.17 Å². The van der Waals surface area contributed by atoms with Gasteiger partial charge < -0.3 is 10.6 Å². The fourth-order valence-electron chi connectivity index (χ4n) is 1.88. The van der Waals surface area contributed by atoms with Gasteiger partial charge in [0, 0.05) is 6.42 Å². The van der Waals surface area contributed by atoms with E-state index in [9.17, 15) is 4.79 Å². The van der Waals surface area contributed by atoms with Crippen molar-refractivity contribution in [3.8, 4) is 0 Å². The van der Waals surface area contributed by atoms with E-state index in [0.29, 0.717) is 17.1 Å². The second kappa shape index (κ2) is 9.71. The second-order valence-corrected chi connectivity index (χ2v) is 7.75. The number of benzene rings is 1. The maximum atomic E-state index is 12.0. The van der Waals surface area contributed by atoms with Crippen molar-refractivity contribution < 1.29 is 4.79 Å². The SMILES string of the molecule is CCCCCCC(=O)N[C@H](Nc1ccccc1Cl)C(Cl)(Cl)Cl. The van der Waals surface area contributed by atoms with Crippen LogP contribution in [0.2, 0.25) is 5.02 Å². The van der Waals surface area contributed by atoms with Crippen LogP contribution in [0.15, 0.2) is 24.3 Å². The Morgan fingerprint density at radius 2 is 1.86 bits per heavy atom. The minimum Gasteiger partial charge on any atom is -0.361 e. The molecule has 1 rings (SSSR count). The first-order valence-corrected chi connectivity index (χ1v) is 8.73. The van der Waals surface area contributed by atoms with Gasteiger partial charge in [-0.1, -0.05) is 84.7 Å². The van der Waals surface area contributed by atoms with Crippen molar-refractivity contribution in [2.45, 2.75) is 49.0 Å². The Labute approximate surface area is 151 Å². The van der Waals surface area contributed by atoms with Crippen molar-refractivity contribution in [3.63, 3.8) is 0 Å². The van der Waals surface area contributed by atoms with Crippen molar-refractivity contribution >= 4 is 58.0 Å². The van der Waals surface area contributed by atoms with Gasteiger partial charge in [0.15, 0.2) is 0 Å². The molecule has 0 fully saturated rings. The monoisotopic (exact) mass is 384 g/mol. The molecule has 0 aliphatic carbocycles. The zero-order chi connectivity index (χ0) is 16.6. The number of nitrogens with one attached hydrogen (secondary N) is 2. The highest BCUT2D eigenvalue weighted by Crippen LogP contribution is 2.32. The van der Waals surface area contributed by atoms with E-state index in [1.54, 1.807) is 24.3 Å². The van der Waals surface area contributed by atoms with Crippen LogP contribution in [-0.4, -0.2) is 15.9 Å². The molecule has 1 aromatic rings. The number of para-hydroxylation sites is 1. The van der Waals surface area contributed by atoms with Gasteiger partial charge in [-0.2, -0.15) is 0 Å². The fraction of sp³-hybridized carbons (Fsp3) is 0.533. The molecule has 0 unspecified atom stereocenters. The van der Waals surface area contributed by atoms with Gasteiger partial charge in [-0.15, -0.1) is 0 Å². The smallest absolute Gasteiger partial charge is 0.228 e. The number of carbonyl (C=O) groups excluding carboxylic acids is 1. The first-order valence-electron chi connectivity index (χ1n) is 7.21. The zero-order valence-electron chi connectivity index (χ0n) is 12.3. The maximum absolute atomic E-state index is 12.0. The molecule has 0 saturated carbocycles. The molecular weight excluding hydrogens is 366 g/mol. The molecule has 1 aromatic carbocycles. The summed E-state index contributed by atoms with van der Waals surface area (Å²) in [5, 5.41) is 6.15. The highest BCUT2D eigenvalue weighted by molar-refractivity contribution is 6.68. The van der Waals surface area contributed by atoms with E-state index in [-0.39, 0.29) is 5.91 Å². The Kier molecular flexibility index (Phi) is 8.70. The molecule has 0 heterocycles. The average molecular weight is 386 g/mol. The third-order valence-corrected chi connectivity index (χ3v) is 4.05. The van der Waals surface area contributed by atoms with E-state index in [2.05, 4.69) is 17.6 Å². The number of carbonyl (C=O) groups is 1. The average Bonchev–Trinajstić information content (AvgIpc) is 2.44. The molecule has 0 aliphatic heterocycles. The molecule has 0 bridgehead atoms. The van der Waals surface area contributed by atoms with Crippen LogP contribution in [0.25, 0.3) is 0 Å². The third kappa shape index (κ3) is 7.28. The summed E-state index contributed by atoms with van der Waals surface area (Å²) in [6.07, 6.45) is 3.60. The first kappa shape index (κ1) is 19.7. The second-order valence-electron chi connectivity index (χ2n) is 4.98. The number of unbranched alkanes of at least 4 members (excludes halogenated alkanes) is 3. The largest absolute Gasteiger partial charge is 0.361 e. The van der Waals surface area contributed by atoms with E-state index in [4.69, 9.17) is 46.4 Å². The standard InChI is InChI=1S/C15H20Cl4N2O/c1-2-3-4-5-10-13(22)21-14(15(17,18)19)20-12-9-7-6-8-11(12)16/h6-9,14,20H,2-5,10H2,1H3,(H,21,22)/t14-/m0/s1. The van der Waals surface area contributed by atoms with Gasteiger partial charge in [-0.05, 0) is 18.6 Å². The highest BCUT2D eigenvalue weighted by atomic mass is 35.6. The Hall–Kier alpha value is -0.350. The molecule has 0 saturated heterocycles. The van der Waals surface area contributed by atoms with Gasteiger partial charge in [0.2, 0.25) is 9.70 Å². The van der Waals surface area contributed by atoms with Crippen LogP contribution in [0.3, 0.4) is 0 Å². The number of alkyl halides is 3. The van der Waals surface area contributed by atoms with Crippen molar-refractivity contribution in [2.75, 3.05) is 5.32 Å². The lowest BCUT2D eigenvalue weighted by atomic mass is 10.1. The summed E-state index contributed by atoms with van der Waals surface area (Å²) in [5.41, 5.74) is 0.590. The van der Waals surface area contributed by atoms with E-state index >= 15 is 0 Å². The van der Waals surface area contributed by atoms with Crippen LogP contribution in [0.5, 0.6) is 0 Å². The molecular formula is C15H20Cl4N2O. The van der Waals surface area contributed by atoms with Crippen molar-refractivity contribution in [1.29, 1.82) is 0 Å². The highest BCUT2D eigenvalue weighted by Gasteiger charge is 2.34. The van der Waals surface area contributed by atoms with Gasteiger partial charge in [0.05, 0.1) is 10.7 Å². The number of halogens is 4. The first-order chi connectivity index (χ1) is 10.3. The summed E-state index contributed by atoms with van der Waals surface area (Å²) in [7, 11) is 0. The summed E-state index contributed by atoms with van der Waals surface area (Å²) in [6.45, 7) is 2.12. The number of anilines is 1. The lowest BCUT2D eigenvalue weighted by Crippen LogP contribution is -2.49. The number of hydrogen-bond acceptors (Lipinski definition) is 2. The number of amides is 1. The quantitative estimate of drug-likeness (QED) is 0.350. The normalized spacial score (nSPS) is 12.8. The lowest BCUT2D eigenvalue weighted by Gasteiger charge is -2.27. The molecule has 0 aromatic heterocycles. The van der Waals surface area contributed by atoms with Crippen LogP contribution < -0.4 is 10.6 Å². The minimum absolute atomic E-state index is 0.160. The van der Waals surface area contributed by atoms with Gasteiger partial charge in [0.25, 0.3) is 0 Å². The molecule has 0 aliphatic rings. The third-order valence-electron chi connectivity index (χ3n) is 3.06. The van der Waals surface area contributed by atoms with Crippen LogP contribution in [0.1, 0.15) is 39.0 Å². The van der Waals surface area contributed by atoms with Crippen LogP contribution in [0.4, 0.5) is 5.69 Å². The molecule has 3 nitrogen and oxygen atoms in total. The summed E-state index contributed by atoms with van der Waals surface area (Å²) in [5.74, 6) is -0.160. The van der Waals surface area contributed by atoms with E-state index in [1.165, 1.54) is 0 Å². The number of rotatable bonds is 8. The van der Waals surface area contributed by atoms with E-state index in [1.807, 2.05) is 0 Å². The van der Waals surface area contributed by atoms with E-state index < -0.39 is 9.96 Å².